The number of rotatable bonds is 9. The number of piperidine rings is 1. The van der Waals surface area contributed by atoms with E-state index in [1.807, 2.05) is 24.3 Å². The lowest BCUT2D eigenvalue weighted by Gasteiger charge is -2.46. The van der Waals surface area contributed by atoms with Gasteiger partial charge in [0.15, 0.2) is 11.4 Å². The van der Waals surface area contributed by atoms with Crippen LogP contribution in [0, 0.1) is 5.92 Å². The monoisotopic (exact) mass is 506 g/mol. The predicted molar refractivity (Wildman–Crippen MR) is 143 cm³/mol. The highest BCUT2D eigenvalue weighted by atomic mass is 16.5. The summed E-state index contributed by atoms with van der Waals surface area (Å²) in [6, 6.07) is 14.8. The third-order valence-electron chi connectivity index (χ3n) is 7.93. The summed E-state index contributed by atoms with van der Waals surface area (Å²) >= 11 is 0. The van der Waals surface area contributed by atoms with Crippen molar-refractivity contribution < 1.29 is 14.0 Å². The molecule has 6 rings (SSSR count). The Morgan fingerprint density at radius 1 is 0.973 bits per heavy atom. The Morgan fingerprint density at radius 2 is 1.89 bits per heavy atom. The first-order valence-corrected chi connectivity index (χ1v) is 13.7. The fraction of sp³-hybridized carbons (Fsp3) is 0.571. The maximum absolute atomic E-state index is 6.18. The van der Waals surface area contributed by atoms with Gasteiger partial charge in [0.05, 0.1) is 30.9 Å². The van der Waals surface area contributed by atoms with Crippen molar-refractivity contribution in [3.05, 3.63) is 48.2 Å². The number of piperazine rings is 1. The summed E-state index contributed by atoms with van der Waals surface area (Å²) in [5.74, 6) is 2.26. The molecule has 0 radical (unpaired) electrons. The number of benzene rings is 1. The van der Waals surface area contributed by atoms with Crippen LogP contribution in [0.15, 0.2) is 47.0 Å². The molecule has 5 heterocycles. The van der Waals surface area contributed by atoms with E-state index in [4.69, 9.17) is 19.0 Å². The number of hydrogen-bond acceptors (Lipinski definition) is 9. The van der Waals surface area contributed by atoms with E-state index in [2.05, 4.69) is 43.4 Å². The minimum absolute atomic E-state index is 0.535. The van der Waals surface area contributed by atoms with Gasteiger partial charge in [-0.05, 0) is 31.0 Å². The number of nitrogens with zero attached hydrogens (tertiary/aromatic N) is 5. The van der Waals surface area contributed by atoms with E-state index in [9.17, 15) is 0 Å². The molecule has 0 bridgehead atoms. The topological polar surface area (TPSA) is 79.1 Å². The standard InChI is InChI=1S/C28H38N6O3/c1-2-6-26-25(5-1)28(31-37-26)34-13-12-33-19-22(8-9-24(33)20-34)21-36-27-7-3-4-23(30-27)18-29-10-11-32-14-16-35-17-15-32/h1-7,22,24,29H,8-21H2/t22-,24+/m1/s1. The first kappa shape index (κ1) is 24.6. The van der Waals surface area contributed by atoms with E-state index in [-0.39, 0.29) is 0 Å². The van der Waals surface area contributed by atoms with Crippen molar-refractivity contribution in [1.29, 1.82) is 0 Å². The minimum Gasteiger partial charge on any atom is -0.477 e. The summed E-state index contributed by atoms with van der Waals surface area (Å²) in [5.41, 5.74) is 1.89. The fourth-order valence-electron chi connectivity index (χ4n) is 5.81. The molecule has 9 heteroatoms. The summed E-state index contributed by atoms with van der Waals surface area (Å²) < 4.78 is 17.1. The van der Waals surface area contributed by atoms with Crippen LogP contribution in [0.3, 0.4) is 0 Å². The molecule has 9 nitrogen and oxygen atoms in total. The number of anilines is 1. The number of nitrogens with one attached hydrogen (secondary N) is 1. The van der Waals surface area contributed by atoms with Crippen molar-refractivity contribution in [2.24, 2.45) is 5.92 Å². The summed E-state index contributed by atoms with van der Waals surface area (Å²) in [6.07, 6.45) is 2.36. The summed E-state index contributed by atoms with van der Waals surface area (Å²) in [7, 11) is 0. The molecule has 3 aliphatic heterocycles. The van der Waals surface area contributed by atoms with Gasteiger partial charge in [0.2, 0.25) is 5.88 Å². The molecule has 1 N–H and O–H groups in total. The minimum atomic E-state index is 0.535. The molecule has 3 fully saturated rings. The van der Waals surface area contributed by atoms with E-state index in [0.717, 1.165) is 107 Å². The molecule has 0 aliphatic carbocycles. The van der Waals surface area contributed by atoms with Gasteiger partial charge in [-0.15, -0.1) is 0 Å². The van der Waals surface area contributed by atoms with Crippen molar-refractivity contribution in [3.8, 4) is 5.88 Å². The highest BCUT2D eigenvalue weighted by Crippen LogP contribution is 2.31. The van der Waals surface area contributed by atoms with Gasteiger partial charge in [0.25, 0.3) is 0 Å². The fourth-order valence-corrected chi connectivity index (χ4v) is 5.81. The van der Waals surface area contributed by atoms with Crippen LogP contribution in [0.4, 0.5) is 5.82 Å². The average Bonchev–Trinajstić information content (AvgIpc) is 3.39. The maximum atomic E-state index is 6.18. The summed E-state index contributed by atoms with van der Waals surface area (Å²) in [4.78, 5) is 12.2. The van der Waals surface area contributed by atoms with Gasteiger partial charge in [-0.1, -0.05) is 23.4 Å². The highest BCUT2D eigenvalue weighted by Gasteiger charge is 2.34. The normalized spacial score (nSPS) is 23.3. The van der Waals surface area contributed by atoms with Crippen LogP contribution in [0.2, 0.25) is 0 Å². The second-order valence-electron chi connectivity index (χ2n) is 10.4. The van der Waals surface area contributed by atoms with Crippen molar-refractivity contribution >= 4 is 16.8 Å². The second kappa shape index (κ2) is 11.8. The van der Waals surface area contributed by atoms with E-state index >= 15 is 0 Å². The van der Waals surface area contributed by atoms with Gasteiger partial charge >= 0.3 is 0 Å². The summed E-state index contributed by atoms with van der Waals surface area (Å²) in [5, 5.41) is 9.01. The van der Waals surface area contributed by atoms with Crippen molar-refractivity contribution in [2.75, 3.05) is 77.1 Å². The molecule has 0 spiro atoms. The SMILES string of the molecule is c1cc(CNCCN2CCOCC2)nc(OC[C@@H]2CC[C@H]3CN(c4noc5ccccc45)CCN3C2)c1. The lowest BCUT2D eigenvalue weighted by molar-refractivity contribution is 0.0384. The molecule has 1 aromatic carbocycles. The lowest BCUT2D eigenvalue weighted by atomic mass is 9.91. The van der Waals surface area contributed by atoms with Crippen LogP contribution in [0.5, 0.6) is 5.88 Å². The zero-order valence-electron chi connectivity index (χ0n) is 21.6. The second-order valence-corrected chi connectivity index (χ2v) is 10.4. The molecule has 2 atom stereocenters. The molecular formula is C28H38N6O3. The molecule has 2 aromatic heterocycles. The van der Waals surface area contributed by atoms with E-state index < -0.39 is 0 Å². The van der Waals surface area contributed by atoms with Gasteiger partial charge in [0.1, 0.15) is 0 Å². The zero-order valence-corrected chi connectivity index (χ0v) is 21.6. The van der Waals surface area contributed by atoms with Crippen LogP contribution in [-0.4, -0.2) is 98.2 Å². The number of aromatic nitrogens is 2. The van der Waals surface area contributed by atoms with Gasteiger partial charge in [-0.25, -0.2) is 4.98 Å². The quantitative estimate of drug-likeness (QED) is 0.441. The smallest absolute Gasteiger partial charge is 0.213 e. The van der Waals surface area contributed by atoms with Crippen LogP contribution in [0.1, 0.15) is 18.5 Å². The highest BCUT2D eigenvalue weighted by molar-refractivity contribution is 5.88. The van der Waals surface area contributed by atoms with Gasteiger partial charge in [0, 0.05) is 76.9 Å². The Hall–Kier alpha value is -2.72. The molecule has 0 saturated carbocycles. The number of para-hydroxylation sites is 1. The molecule has 198 valence electrons. The van der Waals surface area contributed by atoms with Crippen LogP contribution in [0.25, 0.3) is 11.0 Å². The Labute approximate surface area is 218 Å². The largest absolute Gasteiger partial charge is 0.477 e. The van der Waals surface area contributed by atoms with Crippen LogP contribution >= 0.6 is 0 Å². The Morgan fingerprint density at radius 3 is 2.84 bits per heavy atom. The zero-order chi connectivity index (χ0) is 24.9. The van der Waals surface area contributed by atoms with Gasteiger partial charge in [-0.2, -0.15) is 0 Å². The molecule has 0 amide bonds. The van der Waals surface area contributed by atoms with Gasteiger partial charge in [-0.3, -0.25) is 9.80 Å². The van der Waals surface area contributed by atoms with E-state index in [1.165, 1.54) is 12.8 Å². The van der Waals surface area contributed by atoms with E-state index in [1.54, 1.807) is 0 Å². The Balaban J connectivity index is 0.944. The number of hydrogen-bond donors (Lipinski definition) is 1. The van der Waals surface area contributed by atoms with Crippen LogP contribution in [-0.2, 0) is 11.3 Å². The Bertz CT molecular complexity index is 1150. The third-order valence-corrected chi connectivity index (χ3v) is 7.93. The van der Waals surface area contributed by atoms with E-state index in [0.29, 0.717) is 12.0 Å². The first-order valence-electron chi connectivity index (χ1n) is 13.7. The van der Waals surface area contributed by atoms with Crippen molar-refractivity contribution in [1.82, 2.24) is 25.3 Å². The Kier molecular flexibility index (Phi) is 7.83. The number of pyridine rings is 1. The van der Waals surface area contributed by atoms with Crippen LogP contribution < -0.4 is 15.0 Å². The molecular weight excluding hydrogens is 468 g/mol. The maximum Gasteiger partial charge on any atom is 0.213 e. The van der Waals surface area contributed by atoms with Crippen molar-refractivity contribution in [2.45, 2.75) is 25.4 Å². The molecule has 37 heavy (non-hydrogen) atoms. The first-order chi connectivity index (χ1) is 18.3. The molecule has 0 unspecified atom stereocenters. The number of fused-ring (bicyclic) bond motifs is 2. The number of ether oxygens (including phenoxy) is 2. The average molecular weight is 507 g/mol. The lowest BCUT2D eigenvalue weighted by Crippen LogP contribution is -2.57. The van der Waals surface area contributed by atoms with Crippen molar-refractivity contribution in [3.63, 3.8) is 0 Å². The van der Waals surface area contributed by atoms with Gasteiger partial charge < -0.3 is 24.2 Å². The number of morpholine rings is 1. The molecule has 3 saturated heterocycles. The predicted octanol–water partition coefficient (Wildman–Crippen LogP) is 2.62. The summed E-state index contributed by atoms with van der Waals surface area (Å²) in [6.45, 7) is 11.3. The molecule has 3 aliphatic rings. The third kappa shape index (κ3) is 6.06. The molecule has 3 aromatic rings.